The number of benzodiazepines with no additional fused rings is 2. The number of fused-ring (bicyclic) bond motifs is 4. The molecule has 6 aromatic carbocycles. The van der Waals surface area contributed by atoms with E-state index in [0.717, 1.165) is 60.5 Å². The maximum Gasteiger partial charge on any atom is 0.342 e. The number of likely N-dealkylation sites (N-methyl/N-ethyl adjacent to an activating group) is 4. The zero-order valence-electron chi connectivity index (χ0n) is 58.8. The van der Waals surface area contributed by atoms with Crippen molar-refractivity contribution in [1.82, 2.24) is 0 Å². The molecule has 0 bridgehead atoms. The molecule has 6 heterocycles. The summed E-state index contributed by atoms with van der Waals surface area (Å²) in [6.07, 6.45) is 17.0. The topological polar surface area (TPSA) is 239 Å². The fraction of sp³-hybridized carbons (Fsp3) is 0.235. The minimum atomic E-state index is -1.51. The van der Waals surface area contributed by atoms with Crippen molar-refractivity contribution >= 4 is 104 Å². The first-order chi connectivity index (χ1) is 50.7. The Bertz CT molecular complexity index is 5090. The summed E-state index contributed by atoms with van der Waals surface area (Å²) in [5.74, 6) is 10.3. The van der Waals surface area contributed by atoms with Crippen LogP contribution in [0.5, 0.6) is 0 Å². The second-order valence-electron chi connectivity index (χ2n) is 24.1. The van der Waals surface area contributed by atoms with E-state index in [1.54, 1.807) is 70.3 Å². The Labute approximate surface area is 615 Å². The lowest BCUT2D eigenvalue weighted by molar-refractivity contribution is -0.343. The number of ether oxygens (including phenoxy) is 4. The molecule has 4 aliphatic heterocycles. The standard InChI is InChI=1S/C43H38N4O7.C38H32N4O7S2/c1-7-13-30-19-21-36-34(23-30)38(31-16-11-9-14-27(31)3)44-35(41(48)46(36)5)24-53-54-26-51-25-52-43(50)40-42(49)47(6)37-20-18-29(8-2)22-33(37)39(45-40)32-17-12-10-15-28(32)4;1-7-24-17-29-34(50-24)31(26-15-11-9-13-22(26)3)39-28(36(43)41(29)5)19-48-49-21-46-20-47-38(45)33-37(44)42(6)30-18-25(8-2)51-35(30)32(40-33)27-16-12-10-14-23(27)4/h2,9-12,14-23,35,40H,24-26H2,1,3-6H3;1-2,9-18,28,33H,19-21H2,3-6H3. The van der Waals surface area contributed by atoms with Crippen molar-refractivity contribution in [2.75, 3.05) is 88.2 Å². The number of rotatable bonds is 20. The molecule has 4 aliphatic rings. The zero-order chi connectivity index (χ0) is 74.6. The number of amides is 4. The molecule has 4 atom stereocenters. The van der Waals surface area contributed by atoms with Crippen molar-refractivity contribution in [2.45, 2.75) is 58.8 Å². The molecule has 22 nitrogen and oxygen atoms in total. The number of benzene rings is 6. The van der Waals surface area contributed by atoms with E-state index < -0.39 is 75.1 Å². The number of aliphatic imine (C=N–C) groups is 4. The van der Waals surface area contributed by atoms with Crippen LogP contribution in [0.15, 0.2) is 166 Å². The van der Waals surface area contributed by atoms with E-state index in [-0.39, 0.29) is 25.0 Å². The van der Waals surface area contributed by atoms with Crippen LogP contribution in [0.1, 0.15) is 93.2 Å². The van der Waals surface area contributed by atoms with E-state index in [1.807, 2.05) is 143 Å². The molecule has 8 aromatic rings. The average Bonchev–Trinajstić information content (AvgIpc) is 1.60. The van der Waals surface area contributed by atoms with Gasteiger partial charge in [0.1, 0.15) is 13.2 Å². The number of carbonyl (C=O) groups is 6. The quantitative estimate of drug-likeness (QED) is 0.0131. The monoisotopic (exact) mass is 1440 g/mol. The molecule has 24 heteroatoms. The van der Waals surface area contributed by atoms with Gasteiger partial charge in [-0.15, -0.1) is 47.9 Å². The Morgan fingerprint density at radius 1 is 0.419 bits per heavy atom. The molecule has 530 valence electrons. The van der Waals surface area contributed by atoms with Gasteiger partial charge in [-0.3, -0.25) is 39.1 Å². The van der Waals surface area contributed by atoms with Gasteiger partial charge in [0.15, 0.2) is 39.3 Å². The Kier molecular flexibility index (Phi) is 23.8. The molecule has 0 spiro atoms. The number of esters is 2. The molecule has 4 unspecified atom stereocenters. The van der Waals surface area contributed by atoms with Gasteiger partial charge in [-0.2, -0.15) is 0 Å². The van der Waals surface area contributed by atoms with E-state index in [1.165, 1.54) is 37.4 Å². The molecule has 105 heavy (non-hydrogen) atoms. The predicted octanol–water partition coefficient (Wildman–Crippen LogP) is 10.0. The normalized spacial score (nSPS) is 16.7. The van der Waals surface area contributed by atoms with Gasteiger partial charge in [0, 0.05) is 72.7 Å². The first-order valence-electron chi connectivity index (χ1n) is 32.8. The number of thiophene rings is 2. The molecule has 0 aliphatic carbocycles. The number of hydrogen-bond donors (Lipinski definition) is 0. The minimum absolute atomic E-state index is 0.219. The van der Waals surface area contributed by atoms with Crippen molar-refractivity contribution in [3.8, 4) is 48.9 Å². The average molecular weight is 1440 g/mol. The van der Waals surface area contributed by atoms with E-state index in [0.29, 0.717) is 71.4 Å². The molecular formula is C81H70N8O14S2. The Hall–Kier alpha value is -11.8. The first kappa shape index (κ1) is 74.4. The SMILES string of the molecule is C#Cc1cc2c(s1)C(c1ccccc1C)=NC(COOCOCOC(=O)C1N=C(c3ccccc3C)c3sc(C#C)cc3N(C)C1=O)C(=O)N2C.C#Cc1ccc2c(c1)C(c1ccccc1C)=NC(C(=O)OCOCOOCC1N=C(c3ccccc3C)c3cc(C#CC)ccc3N(C)C1=O)C(=O)N2C. The molecule has 12 rings (SSSR count). The number of aryl methyl sites for hydroxylation is 4. The number of carbonyl (C=O) groups excluding carboxylic acids is 6. The number of anilines is 4. The van der Waals surface area contributed by atoms with Crippen LogP contribution >= 0.6 is 22.7 Å². The predicted molar refractivity (Wildman–Crippen MR) is 402 cm³/mol. The largest absolute Gasteiger partial charge is 0.436 e. The fourth-order valence-electron chi connectivity index (χ4n) is 11.9. The summed E-state index contributed by atoms with van der Waals surface area (Å²) in [4.78, 5) is 129. The minimum Gasteiger partial charge on any atom is -0.436 e. The van der Waals surface area contributed by atoms with Crippen LogP contribution in [0, 0.1) is 76.6 Å². The van der Waals surface area contributed by atoms with E-state index in [2.05, 4.69) is 39.6 Å². The third kappa shape index (κ3) is 16.2. The third-order valence-corrected chi connectivity index (χ3v) is 19.6. The molecule has 0 radical (unpaired) electrons. The first-order valence-corrected chi connectivity index (χ1v) is 34.4. The van der Waals surface area contributed by atoms with Gasteiger partial charge in [0.25, 0.3) is 23.6 Å². The van der Waals surface area contributed by atoms with Crippen LogP contribution in [0.2, 0.25) is 0 Å². The third-order valence-electron chi connectivity index (χ3n) is 17.5. The van der Waals surface area contributed by atoms with Gasteiger partial charge in [-0.1, -0.05) is 121 Å². The maximum atomic E-state index is 13.6. The van der Waals surface area contributed by atoms with E-state index in [9.17, 15) is 28.8 Å². The van der Waals surface area contributed by atoms with Crippen LogP contribution < -0.4 is 19.6 Å². The van der Waals surface area contributed by atoms with Crippen LogP contribution in [-0.4, -0.2) is 151 Å². The lowest BCUT2D eigenvalue weighted by atomic mass is 9.95. The van der Waals surface area contributed by atoms with Gasteiger partial charge in [0.2, 0.25) is 12.1 Å². The van der Waals surface area contributed by atoms with Crippen molar-refractivity contribution in [1.29, 1.82) is 0 Å². The highest BCUT2D eigenvalue weighted by Gasteiger charge is 2.40. The van der Waals surface area contributed by atoms with Gasteiger partial charge in [-0.05, 0) is 105 Å². The van der Waals surface area contributed by atoms with Gasteiger partial charge < -0.3 is 38.5 Å². The molecular weight excluding hydrogens is 1370 g/mol. The van der Waals surface area contributed by atoms with Crippen LogP contribution in [0.25, 0.3) is 0 Å². The number of nitrogens with zero attached hydrogens (tertiary/aromatic N) is 8. The Balaban J connectivity index is 0.000000210. The zero-order valence-corrected chi connectivity index (χ0v) is 60.4. The summed E-state index contributed by atoms with van der Waals surface area (Å²) >= 11 is 2.70. The van der Waals surface area contributed by atoms with Crippen molar-refractivity contribution in [3.63, 3.8) is 0 Å². The molecule has 2 aromatic heterocycles. The smallest absolute Gasteiger partial charge is 0.342 e. The van der Waals surface area contributed by atoms with Crippen molar-refractivity contribution < 1.29 is 67.3 Å². The van der Waals surface area contributed by atoms with E-state index in [4.69, 9.17) is 67.8 Å². The highest BCUT2D eigenvalue weighted by Crippen LogP contribution is 2.39. The van der Waals surface area contributed by atoms with Crippen LogP contribution in [-0.2, 0) is 67.3 Å². The second-order valence-corrected chi connectivity index (χ2v) is 26.2. The lowest BCUT2D eigenvalue weighted by Crippen LogP contribution is -2.40. The molecule has 0 fully saturated rings. The Morgan fingerprint density at radius 2 is 0.781 bits per heavy atom. The van der Waals surface area contributed by atoms with E-state index >= 15 is 0 Å². The summed E-state index contributed by atoms with van der Waals surface area (Å²) in [6, 6.07) is 40.1. The summed E-state index contributed by atoms with van der Waals surface area (Å²) in [7, 11) is 6.47. The summed E-state index contributed by atoms with van der Waals surface area (Å²) in [5, 5.41) is 0. The lowest BCUT2D eigenvalue weighted by Gasteiger charge is -2.20. The highest BCUT2D eigenvalue weighted by molar-refractivity contribution is 7.16. The maximum absolute atomic E-state index is 13.6. The van der Waals surface area contributed by atoms with Crippen LogP contribution in [0.3, 0.4) is 0 Å². The summed E-state index contributed by atoms with van der Waals surface area (Å²) in [5.41, 5.74) is 14.4. The molecule has 4 amide bonds. The van der Waals surface area contributed by atoms with Gasteiger partial charge >= 0.3 is 11.9 Å². The molecule has 0 saturated carbocycles. The van der Waals surface area contributed by atoms with Crippen molar-refractivity contribution in [3.05, 3.63) is 232 Å². The summed E-state index contributed by atoms with van der Waals surface area (Å²) in [6.45, 7) is 7.11. The summed E-state index contributed by atoms with van der Waals surface area (Å²) < 4.78 is 21.2. The van der Waals surface area contributed by atoms with Gasteiger partial charge in [0.05, 0.1) is 65.1 Å². The van der Waals surface area contributed by atoms with Crippen molar-refractivity contribution in [2.24, 2.45) is 20.0 Å². The number of hydrogen-bond acceptors (Lipinski definition) is 20. The van der Waals surface area contributed by atoms with Gasteiger partial charge in [-0.25, -0.2) is 29.1 Å². The molecule has 0 saturated heterocycles. The Morgan fingerprint density at radius 3 is 1.21 bits per heavy atom. The molecule has 0 N–H and O–H groups in total. The number of terminal acetylenes is 3. The fourth-order valence-corrected chi connectivity index (χ4v) is 13.9. The highest BCUT2D eigenvalue weighted by atomic mass is 32.1. The van der Waals surface area contributed by atoms with Crippen LogP contribution in [0.4, 0.5) is 22.7 Å². The second kappa shape index (κ2) is 33.6.